The molecule has 0 N–H and O–H groups in total. The molecule has 0 amide bonds. The second-order valence-electron chi connectivity index (χ2n) is 14.8. The van der Waals surface area contributed by atoms with Gasteiger partial charge in [-0.2, -0.15) is 9.97 Å². The highest BCUT2D eigenvalue weighted by atomic mass is 32.2. The van der Waals surface area contributed by atoms with Gasteiger partial charge in [0.25, 0.3) is 0 Å². The average Bonchev–Trinajstić information content (AvgIpc) is 3.70. The number of nitrogens with zero attached hydrogens (tertiary/aromatic N) is 7. The van der Waals surface area contributed by atoms with E-state index in [0.717, 1.165) is 70.5 Å². The Morgan fingerprint density at radius 2 is 0.742 bits per heavy atom. The summed E-state index contributed by atoms with van der Waals surface area (Å²) in [5.74, 6) is 3.65. The first kappa shape index (κ1) is 37.0. The maximum atomic E-state index is 5.21. The van der Waals surface area contributed by atoms with Gasteiger partial charge in [-0.15, -0.1) is 0 Å². The molecule has 0 saturated heterocycles. The zero-order chi connectivity index (χ0) is 41.2. The third-order valence-corrected chi connectivity index (χ3v) is 11.8. The van der Waals surface area contributed by atoms with Crippen LogP contribution < -0.4 is 0 Å². The molecule has 7 nitrogen and oxygen atoms in total. The van der Waals surface area contributed by atoms with Crippen molar-refractivity contribution >= 4 is 33.6 Å². The number of fused-ring (bicyclic) bond motifs is 3. The zero-order valence-electron chi connectivity index (χ0n) is 33.2. The van der Waals surface area contributed by atoms with Crippen LogP contribution in [0.15, 0.2) is 222 Å². The Bertz CT molecular complexity index is 3300. The van der Waals surface area contributed by atoms with E-state index >= 15 is 0 Å². The standard InChI is InChI=1S/C54H35N7S/c1-5-17-36(18-6-1)44-28-16-30-47-48(44)45-27-13-14-29-46(45)61(47)54-59-51(39-23-11-4-12-24-39)58-52(60-54)40-31-33-42(34-32-40)62-43-26-15-25-41(35-43)53-56-49(37-19-7-2-8-20-37)55-50(57-53)38-21-9-3-10-22-38/h1-35H. The van der Waals surface area contributed by atoms with E-state index in [-0.39, 0.29) is 0 Å². The third-order valence-electron chi connectivity index (χ3n) is 10.8. The van der Waals surface area contributed by atoms with Crippen LogP contribution in [0.25, 0.3) is 95.8 Å². The van der Waals surface area contributed by atoms with Crippen molar-refractivity contribution in [3.8, 4) is 74.0 Å². The molecule has 11 rings (SSSR count). The minimum absolute atomic E-state index is 0.560. The monoisotopic (exact) mass is 813 g/mol. The summed E-state index contributed by atoms with van der Waals surface area (Å²) in [4.78, 5) is 32.3. The van der Waals surface area contributed by atoms with Crippen molar-refractivity contribution in [2.45, 2.75) is 9.79 Å². The van der Waals surface area contributed by atoms with Crippen LogP contribution in [-0.4, -0.2) is 34.5 Å². The lowest BCUT2D eigenvalue weighted by molar-refractivity contribution is 0.953. The highest BCUT2D eigenvalue weighted by molar-refractivity contribution is 7.99. The third kappa shape index (κ3) is 7.18. The number of para-hydroxylation sites is 1. The molecule has 0 unspecified atom stereocenters. The van der Waals surface area contributed by atoms with Crippen molar-refractivity contribution in [3.63, 3.8) is 0 Å². The van der Waals surface area contributed by atoms with Gasteiger partial charge in [-0.3, -0.25) is 4.57 Å². The fourth-order valence-electron chi connectivity index (χ4n) is 7.85. The van der Waals surface area contributed by atoms with Gasteiger partial charge in [-0.1, -0.05) is 188 Å². The lowest BCUT2D eigenvalue weighted by atomic mass is 9.99. The van der Waals surface area contributed by atoms with Crippen molar-refractivity contribution in [2.75, 3.05) is 0 Å². The summed E-state index contributed by atoms with van der Waals surface area (Å²) < 4.78 is 2.17. The van der Waals surface area contributed by atoms with Gasteiger partial charge in [0.05, 0.1) is 11.0 Å². The number of rotatable bonds is 9. The van der Waals surface area contributed by atoms with Crippen LogP contribution in [0, 0.1) is 0 Å². The van der Waals surface area contributed by atoms with E-state index in [1.54, 1.807) is 11.8 Å². The normalized spacial score (nSPS) is 11.3. The molecular formula is C54H35N7S. The van der Waals surface area contributed by atoms with Crippen LogP contribution in [0.3, 0.4) is 0 Å². The Labute approximate surface area is 362 Å². The van der Waals surface area contributed by atoms with Crippen LogP contribution >= 0.6 is 11.8 Å². The Hall–Kier alpha value is -8.07. The number of hydrogen-bond acceptors (Lipinski definition) is 7. The predicted molar refractivity (Wildman–Crippen MR) is 251 cm³/mol. The number of aromatic nitrogens is 7. The molecule has 0 spiro atoms. The minimum Gasteiger partial charge on any atom is -0.278 e. The average molecular weight is 814 g/mol. The number of hydrogen-bond donors (Lipinski definition) is 0. The summed E-state index contributed by atoms with van der Waals surface area (Å²) in [6.45, 7) is 0. The van der Waals surface area contributed by atoms with Crippen molar-refractivity contribution < 1.29 is 0 Å². The summed E-state index contributed by atoms with van der Waals surface area (Å²) in [6, 6.07) is 72.4. The highest BCUT2D eigenvalue weighted by Gasteiger charge is 2.20. The summed E-state index contributed by atoms with van der Waals surface area (Å²) >= 11 is 1.68. The molecule has 3 aromatic heterocycles. The molecule has 0 atom stereocenters. The number of benzene rings is 8. The van der Waals surface area contributed by atoms with Gasteiger partial charge in [0.2, 0.25) is 5.95 Å². The van der Waals surface area contributed by atoms with Gasteiger partial charge in [0, 0.05) is 48.4 Å². The largest absolute Gasteiger partial charge is 0.278 e. The summed E-state index contributed by atoms with van der Waals surface area (Å²) in [5, 5.41) is 2.30. The zero-order valence-corrected chi connectivity index (χ0v) is 34.1. The molecular weight excluding hydrogens is 779 g/mol. The Morgan fingerprint density at radius 1 is 0.306 bits per heavy atom. The topological polar surface area (TPSA) is 82.3 Å². The van der Waals surface area contributed by atoms with Gasteiger partial charge in [-0.25, -0.2) is 19.9 Å². The van der Waals surface area contributed by atoms with E-state index < -0.39 is 0 Å². The van der Waals surface area contributed by atoms with Crippen molar-refractivity contribution in [1.29, 1.82) is 0 Å². The fraction of sp³-hybridized carbons (Fsp3) is 0. The van der Waals surface area contributed by atoms with E-state index in [0.29, 0.717) is 35.1 Å². The maximum absolute atomic E-state index is 5.21. The maximum Gasteiger partial charge on any atom is 0.238 e. The second kappa shape index (κ2) is 16.2. The van der Waals surface area contributed by atoms with E-state index in [4.69, 9.17) is 29.9 Å². The molecule has 8 aromatic carbocycles. The second-order valence-corrected chi connectivity index (χ2v) is 15.9. The van der Waals surface area contributed by atoms with Gasteiger partial charge < -0.3 is 0 Å². The SMILES string of the molecule is c1ccc(-c2nc(-c3ccccc3)nc(-c3cccc(Sc4ccc(-c5nc(-c6ccccc6)nc(-n6c7ccccc7c7c(-c8ccccc8)cccc76)n5)cc4)c3)n2)cc1. The Kier molecular flexibility index (Phi) is 9.65. The molecule has 62 heavy (non-hydrogen) atoms. The van der Waals surface area contributed by atoms with Crippen LogP contribution in [0.2, 0.25) is 0 Å². The van der Waals surface area contributed by atoms with Crippen molar-refractivity contribution in [2.24, 2.45) is 0 Å². The van der Waals surface area contributed by atoms with Gasteiger partial charge in [0.15, 0.2) is 29.1 Å². The molecule has 0 radical (unpaired) electrons. The van der Waals surface area contributed by atoms with E-state index in [1.807, 2.05) is 97.1 Å². The Balaban J connectivity index is 0.958. The molecule has 8 heteroatoms. The van der Waals surface area contributed by atoms with Gasteiger partial charge in [-0.05, 0) is 47.5 Å². The van der Waals surface area contributed by atoms with Crippen LogP contribution in [0.5, 0.6) is 0 Å². The first-order chi connectivity index (χ1) is 30.7. The molecule has 0 aliphatic heterocycles. The molecule has 3 heterocycles. The van der Waals surface area contributed by atoms with Crippen LogP contribution in [0.1, 0.15) is 0 Å². The van der Waals surface area contributed by atoms with E-state index in [2.05, 4.69) is 120 Å². The predicted octanol–water partition coefficient (Wildman–Crippen LogP) is 13.3. The summed E-state index contributed by atoms with van der Waals surface area (Å²) in [6.07, 6.45) is 0. The van der Waals surface area contributed by atoms with E-state index in [1.165, 1.54) is 0 Å². The lowest BCUT2D eigenvalue weighted by Gasteiger charge is -2.11. The van der Waals surface area contributed by atoms with Crippen molar-refractivity contribution in [3.05, 3.63) is 212 Å². The summed E-state index contributed by atoms with van der Waals surface area (Å²) in [5.41, 5.74) is 8.98. The van der Waals surface area contributed by atoms with Crippen molar-refractivity contribution in [1.82, 2.24) is 34.5 Å². The van der Waals surface area contributed by atoms with Gasteiger partial charge >= 0.3 is 0 Å². The Morgan fingerprint density at radius 3 is 1.32 bits per heavy atom. The first-order valence-electron chi connectivity index (χ1n) is 20.4. The van der Waals surface area contributed by atoms with Crippen LogP contribution in [-0.2, 0) is 0 Å². The van der Waals surface area contributed by atoms with E-state index in [9.17, 15) is 0 Å². The molecule has 0 bridgehead atoms. The lowest BCUT2D eigenvalue weighted by Crippen LogP contribution is -2.06. The molecule has 11 aromatic rings. The van der Waals surface area contributed by atoms with Crippen LogP contribution in [0.4, 0.5) is 0 Å². The molecule has 0 saturated carbocycles. The first-order valence-corrected chi connectivity index (χ1v) is 21.2. The summed E-state index contributed by atoms with van der Waals surface area (Å²) in [7, 11) is 0. The molecule has 0 aliphatic carbocycles. The highest BCUT2D eigenvalue weighted by Crippen LogP contribution is 2.39. The quantitative estimate of drug-likeness (QED) is 0.143. The van der Waals surface area contributed by atoms with Gasteiger partial charge in [0.1, 0.15) is 0 Å². The fourth-order valence-corrected chi connectivity index (χ4v) is 8.72. The minimum atomic E-state index is 0.560. The smallest absolute Gasteiger partial charge is 0.238 e. The molecule has 0 aliphatic rings. The molecule has 0 fully saturated rings. The molecule has 292 valence electrons.